The zero-order valence-electron chi connectivity index (χ0n) is 51.9. The molecule has 6 rings (SSSR count). The zero-order chi connectivity index (χ0) is 67.0. The predicted octanol–water partition coefficient (Wildman–Crippen LogP) is 1.87. The van der Waals surface area contributed by atoms with E-state index in [1.165, 1.54) is 70.9 Å². The van der Waals surface area contributed by atoms with Crippen LogP contribution < -0.4 is 80.8 Å². The number of hydrogen-bond donors (Lipinski definition) is 12. The molecule has 6 aromatic rings. The van der Waals surface area contributed by atoms with Crippen molar-refractivity contribution in [2.24, 2.45) is 60.8 Å². The van der Waals surface area contributed by atoms with Gasteiger partial charge in [0.05, 0.1) is 74.9 Å². The Labute approximate surface area is 531 Å². The number of carbonyl (C=O) groups is 8. The summed E-state index contributed by atoms with van der Waals surface area (Å²) < 4.78 is 22.0. The first kappa shape index (κ1) is 70.3. The van der Waals surface area contributed by atoms with E-state index < -0.39 is 65.1 Å². The predicted molar refractivity (Wildman–Crippen MR) is 349 cm³/mol. The van der Waals surface area contributed by atoms with Gasteiger partial charge in [-0.3, -0.25) is 53.3 Å². The first-order chi connectivity index (χ1) is 44.0. The third-order valence-corrected chi connectivity index (χ3v) is 15.0. The lowest BCUT2D eigenvalue weighted by atomic mass is 9.95. The van der Waals surface area contributed by atoms with Crippen molar-refractivity contribution in [3.63, 3.8) is 0 Å². The van der Waals surface area contributed by atoms with Gasteiger partial charge in [0.1, 0.15) is 23.0 Å². The third kappa shape index (κ3) is 20.4. The monoisotopic (exact) mass is 1260 g/mol. The molecular formula is C65H81N15O12. The van der Waals surface area contributed by atoms with Crippen LogP contribution in [0, 0.1) is 0 Å². The van der Waals surface area contributed by atoms with Crippen molar-refractivity contribution in [1.82, 2.24) is 20.9 Å². The summed E-state index contributed by atoms with van der Waals surface area (Å²) in [6.07, 6.45) is 2.42. The number of hydrogen-bond acceptors (Lipinski definition) is 16. The van der Waals surface area contributed by atoms with Gasteiger partial charge in [-0.15, -0.1) is 0 Å². The van der Waals surface area contributed by atoms with E-state index in [1.807, 2.05) is 24.3 Å². The Hall–Kier alpha value is -10.8. The van der Waals surface area contributed by atoms with Gasteiger partial charge in [-0.1, -0.05) is 42.5 Å². The number of aromatic nitrogens is 1. The molecule has 0 radical (unpaired) electrons. The summed E-state index contributed by atoms with van der Waals surface area (Å²) in [5.41, 5.74) is 48.2. The number of primary amides is 1. The molecule has 4 amide bonds. The molecule has 0 unspecified atom stereocenters. The second-order valence-corrected chi connectivity index (χ2v) is 21.7. The van der Waals surface area contributed by atoms with Crippen LogP contribution in [0.25, 0.3) is 10.9 Å². The Morgan fingerprint density at radius 1 is 0.446 bits per heavy atom. The minimum Gasteiger partial charge on any atom is -0.496 e. The van der Waals surface area contributed by atoms with Gasteiger partial charge in [-0.25, -0.2) is 0 Å². The van der Waals surface area contributed by atoms with Crippen LogP contribution in [0.5, 0.6) is 23.0 Å². The molecule has 0 spiro atoms. The number of aromatic amines is 1. The molecule has 488 valence electrons. The molecule has 0 saturated heterocycles. The maximum atomic E-state index is 14.8. The lowest BCUT2D eigenvalue weighted by Crippen LogP contribution is -2.43. The standard InChI is InChI=1S/C65H81N15O12/c1-89-55-19-15-36(26-42(55)59(67)85)31-52(82)48(13-8-24-75-64(70)71)78-60(86)43-28-38(17-21-56(43)90-2)32-53(83)49(14-9-25-76-65(72)73)79-61(87)44-29-39(18-22-57(44)91-3)33-54(84)50(34-40-35-77-47-12-6-5-10-41(40)47)80-62(88)45-27-37(16-20-58(45)92-4)30-51(81)46(66)11-7-23-74-63(68)69/h5-6,10,12,15-22,26-29,35,46,48-50,77H,7-9,11,13-14,23-25,30-34,66H2,1-4H3,(H2,67,85)(H,78,86)(H,79,87)(H,80,88)(H4,68,69,74)(H4,70,71,75)(H4,72,73,76)/t46-,48-,49-,50-/m1/s1. The van der Waals surface area contributed by atoms with E-state index in [-0.39, 0.29) is 140 Å². The molecule has 0 bridgehead atoms. The fourth-order valence-corrected chi connectivity index (χ4v) is 10.3. The molecule has 0 aliphatic carbocycles. The van der Waals surface area contributed by atoms with Crippen LogP contribution in [0.4, 0.5) is 0 Å². The summed E-state index contributed by atoms with van der Waals surface area (Å²) in [5.74, 6) is -4.22. The third-order valence-electron chi connectivity index (χ3n) is 15.0. The van der Waals surface area contributed by atoms with Gasteiger partial charge in [-0.2, -0.15) is 0 Å². The average molecular weight is 1260 g/mol. The van der Waals surface area contributed by atoms with Crippen LogP contribution in [-0.4, -0.2) is 142 Å². The Morgan fingerprint density at radius 2 is 0.793 bits per heavy atom. The first-order valence-electron chi connectivity index (χ1n) is 29.5. The topological polar surface area (TPSA) is 471 Å². The number of ether oxygens (including phenoxy) is 4. The highest BCUT2D eigenvalue weighted by Crippen LogP contribution is 2.27. The summed E-state index contributed by atoms with van der Waals surface area (Å²) in [4.78, 5) is 127. The van der Waals surface area contributed by atoms with Crippen molar-refractivity contribution < 1.29 is 57.3 Å². The number of nitrogens with zero attached hydrogens (tertiary/aromatic N) is 3. The lowest BCUT2D eigenvalue weighted by molar-refractivity contribution is -0.121. The number of H-pyrrole nitrogens is 1. The van der Waals surface area contributed by atoms with Gasteiger partial charge in [-0.05, 0) is 121 Å². The van der Waals surface area contributed by atoms with Gasteiger partial charge in [0, 0.05) is 68.8 Å². The Balaban J connectivity index is 1.24. The lowest BCUT2D eigenvalue weighted by Gasteiger charge is -2.21. The van der Waals surface area contributed by atoms with Crippen molar-refractivity contribution >= 4 is 75.5 Å². The molecule has 20 N–H and O–H groups in total. The number of aliphatic imine (C=N–C) groups is 3. The summed E-state index contributed by atoms with van der Waals surface area (Å²) in [6, 6.07) is 21.7. The number of carbonyl (C=O) groups excluding carboxylic acids is 8. The smallest absolute Gasteiger partial charge is 0.255 e. The number of guanidine groups is 3. The summed E-state index contributed by atoms with van der Waals surface area (Å²) >= 11 is 0. The van der Waals surface area contributed by atoms with Crippen molar-refractivity contribution in [2.75, 3.05) is 48.1 Å². The second-order valence-electron chi connectivity index (χ2n) is 21.7. The van der Waals surface area contributed by atoms with Gasteiger partial charge >= 0.3 is 0 Å². The van der Waals surface area contributed by atoms with Crippen molar-refractivity contribution in [1.29, 1.82) is 0 Å². The number of amides is 4. The first-order valence-corrected chi connectivity index (χ1v) is 29.5. The minimum absolute atomic E-state index is 0.0133. The SMILES string of the molecule is COc1ccc(CC(=O)[C@@H](CCCN=C(N)N)NC(=O)c2cc(CC(=O)[C@@H](CCCN=C(N)N)NC(=O)c3cc(CC(=O)[C@@H](Cc4c[nH]c5ccccc45)NC(=O)c4cc(CC(=O)[C@H](N)CCCN=C(N)N)ccc4OC)ccc3OC)ccc2OC)cc1C(N)=O. The number of Topliss-reactive ketones (excluding diaryl/α,β-unsaturated/α-hetero) is 4. The summed E-state index contributed by atoms with van der Waals surface area (Å²) in [7, 11) is 5.48. The van der Waals surface area contributed by atoms with Crippen LogP contribution in [0.15, 0.2) is 118 Å². The van der Waals surface area contributed by atoms with Gasteiger partial charge < -0.3 is 85.8 Å². The molecule has 0 aliphatic rings. The van der Waals surface area contributed by atoms with Gasteiger partial charge in [0.15, 0.2) is 41.0 Å². The second kappa shape index (κ2) is 34.2. The van der Waals surface area contributed by atoms with Crippen LogP contribution in [0.3, 0.4) is 0 Å². The highest BCUT2D eigenvalue weighted by Gasteiger charge is 2.30. The molecule has 92 heavy (non-hydrogen) atoms. The molecule has 27 nitrogen and oxygen atoms in total. The van der Waals surface area contributed by atoms with Crippen molar-refractivity contribution in [3.05, 3.63) is 153 Å². The molecule has 1 aromatic heterocycles. The number of benzene rings is 5. The Kier molecular flexibility index (Phi) is 26.1. The molecular weight excluding hydrogens is 1180 g/mol. The van der Waals surface area contributed by atoms with E-state index in [1.54, 1.807) is 36.5 Å². The fraction of sp³-hybridized carbons (Fsp3) is 0.338. The zero-order valence-corrected chi connectivity index (χ0v) is 51.9. The molecule has 4 atom stereocenters. The van der Waals surface area contributed by atoms with Crippen LogP contribution in [0.2, 0.25) is 0 Å². The molecule has 27 heteroatoms. The molecule has 0 saturated carbocycles. The quantitative estimate of drug-likeness (QED) is 0.0150. The number of nitrogens with one attached hydrogen (secondary N) is 4. The van der Waals surface area contributed by atoms with E-state index in [9.17, 15) is 38.4 Å². The summed E-state index contributed by atoms with van der Waals surface area (Å²) in [5, 5.41) is 9.40. The molecule has 0 aliphatic heterocycles. The maximum absolute atomic E-state index is 14.8. The van der Waals surface area contributed by atoms with E-state index in [0.29, 0.717) is 41.6 Å². The number of methoxy groups -OCH3 is 4. The fourth-order valence-electron chi connectivity index (χ4n) is 10.3. The van der Waals surface area contributed by atoms with Crippen LogP contribution in [0.1, 0.15) is 108 Å². The van der Waals surface area contributed by atoms with Gasteiger partial charge in [0.2, 0.25) is 0 Å². The van der Waals surface area contributed by atoms with Crippen LogP contribution in [-0.2, 0) is 51.3 Å². The molecule has 0 fully saturated rings. The normalized spacial score (nSPS) is 12.2. The number of fused-ring (bicyclic) bond motifs is 1. The van der Waals surface area contributed by atoms with Crippen LogP contribution >= 0.6 is 0 Å². The van der Waals surface area contributed by atoms with E-state index >= 15 is 0 Å². The summed E-state index contributed by atoms with van der Waals surface area (Å²) in [6.45, 7) is 0.565. The van der Waals surface area contributed by atoms with Crippen molar-refractivity contribution in [3.8, 4) is 23.0 Å². The molecule has 1 heterocycles. The van der Waals surface area contributed by atoms with E-state index in [2.05, 4.69) is 35.9 Å². The van der Waals surface area contributed by atoms with E-state index in [0.717, 1.165) is 16.5 Å². The number of rotatable bonds is 37. The number of nitrogens with two attached hydrogens (primary N) is 8. The van der Waals surface area contributed by atoms with E-state index in [4.69, 9.17) is 64.8 Å². The van der Waals surface area contributed by atoms with Gasteiger partial charge in [0.25, 0.3) is 23.6 Å². The average Bonchev–Trinajstić information content (AvgIpc) is 1.47. The minimum atomic E-state index is -1.17. The Bertz CT molecular complexity index is 3740. The number of ketones is 4. The highest BCUT2D eigenvalue weighted by molar-refractivity contribution is 6.04. The highest BCUT2D eigenvalue weighted by atomic mass is 16.5. The molecule has 5 aromatic carbocycles. The maximum Gasteiger partial charge on any atom is 0.255 e. The van der Waals surface area contributed by atoms with Crippen molar-refractivity contribution in [2.45, 2.75) is 94.8 Å². The largest absolute Gasteiger partial charge is 0.496 e. The number of para-hydroxylation sites is 1. The Morgan fingerprint density at radius 3 is 1.18 bits per heavy atom.